The Morgan fingerprint density at radius 2 is 1.38 bits per heavy atom. The molecule has 0 spiro atoms. The van der Waals surface area contributed by atoms with E-state index in [4.69, 9.17) is 14.8 Å². The third-order valence-corrected chi connectivity index (χ3v) is 4.25. The third kappa shape index (κ3) is 6.55. The maximum Gasteiger partial charge on any atom is 0.328 e. The monoisotopic (exact) mass is 385 g/mol. The predicted octanol–water partition coefficient (Wildman–Crippen LogP) is 4.75. The summed E-state index contributed by atoms with van der Waals surface area (Å²) in [5.41, 5.74) is 3.80. The lowest BCUT2D eigenvalue weighted by molar-refractivity contribution is -0.131. The second kappa shape index (κ2) is 10.7. The number of benzene rings is 3. The first-order valence-electron chi connectivity index (χ1n) is 9.44. The fourth-order valence-electron chi connectivity index (χ4n) is 2.87. The highest BCUT2D eigenvalue weighted by molar-refractivity contribution is 6.13. The summed E-state index contributed by atoms with van der Waals surface area (Å²) in [5.74, 6) is -1.01. The van der Waals surface area contributed by atoms with Crippen molar-refractivity contribution >= 4 is 11.7 Å². The van der Waals surface area contributed by atoms with E-state index in [0.29, 0.717) is 6.61 Å². The van der Waals surface area contributed by atoms with Crippen LogP contribution in [0.5, 0.6) is 0 Å². The highest BCUT2D eigenvalue weighted by atomic mass is 16.5. The van der Waals surface area contributed by atoms with Crippen molar-refractivity contribution in [1.29, 1.82) is 0 Å². The number of hydrogen-bond acceptors (Lipinski definition) is 3. The van der Waals surface area contributed by atoms with Gasteiger partial charge in [-0.3, -0.25) is 4.99 Å². The zero-order chi connectivity index (χ0) is 20.3. The number of carbonyl (C=O) groups is 1. The van der Waals surface area contributed by atoms with E-state index in [2.05, 4.69) is 0 Å². The summed E-state index contributed by atoms with van der Waals surface area (Å²) < 4.78 is 5.84. The van der Waals surface area contributed by atoms with Crippen LogP contribution in [0, 0.1) is 0 Å². The number of rotatable bonds is 9. The fraction of sp³-hybridized carbons (Fsp3) is 0.120. The predicted molar refractivity (Wildman–Crippen MR) is 115 cm³/mol. The smallest absolute Gasteiger partial charge is 0.328 e. The molecule has 0 aliphatic rings. The van der Waals surface area contributed by atoms with Crippen LogP contribution in [0.15, 0.2) is 108 Å². The Balaban J connectivity index is 1.86. The highest BCUT2D eigenvalue weighted by Gasteiger charge is 2.11. The highest BCUT2D eigenvalue weighted by Crippen LogP contribution is 2.13. The van der Waals surface area contributed by atoms with Crippen LogP contribution in [-0.2, 0) is 16.1 Å². The molecule has 3 aromatic rings. The number of aliphatic carboxylic acids is 1. The minimum Gasteiger partial charge on any atom is -0.478 e. The zero-order valence-electron chi connectivity index (χ0n) is 16.0. The Bertz CT molecular complexity index is 910. The first-order chi connectivity index (χ1) is 14.2. The number of hydrogen-bond donors (Lipinski definition) is 1. The number of carboxylic acid groups (broad SMARTS) is 1. The number of nitrogens with zero attached hydrogens (tertiary/aromatic N) is 1. The summed E-state index contributed by atoms with van der Waals surface area (Å²) in [5, 5.41) is 9.06. The van der Waals surface area contributed by atoms with E-state index in [1.165, 1.54) is 0 Å². The lowest BCUT2D eigenvalue weighted by Crippen LogP contribution is -2.16. The number of aliphatic imine (C=N–C) groups is 1. The quantitative estimate of drug-likeness (QED) is 0.427. The second-order valence-electron chi connectivity index (χ2n) is 6.48. The van der Waals surface area contributed by atoms with Gasteiger partial charge in [0.15, 0.2) is 0 Å². The number of carboxylic acids is 1. The summed E-state index contributed by atoms with van der Waals surface area (Å²) in [4.78, 5) is 15.9. The van der Waals surface area contributed by atoms with Gasteiger partial charge in [0.1, 0.15) is 0 Å². The Hall–Kier alpha value is -3.50. The molecule has 0 saturated heterocycles. The largest absolute Gasteiger partial charge is 0.478 e. The molecule has 0 amide bonds. The van der Waals surface area contributed by atoms with E-state index in [9.17, 15) is 4.79 Å². The van der Waals surface area contributed by atoms with Gasteiger partial charge >= 0.3 is 5.97 Å². The van der Waals surface area contributed by atoms with E-state index in [-0.39, 0.29) is 6.61 Å². The van der Waals surface area contributed by atoms with Crippen LogP contribution in [0.2, 0.25) is 0 Å². The molecular formula is C25H23NO3. The molecule has 0 aromatic heterocycles. The van der Waals surface area contributed by atoms with Crippen molar-refractivity contribution in [3.8, 4) is 0 Å². The maximum atomic E-state index is 11.0. The molecule has 0 fully saturated rings. The van der Waals surface area contributed by atoms with Gasteiger partial charge in [0.25, 0.3) is 0 Å². The minimum atomic E-state index is -1.01. The summed E-state index contributed by atoms with van der Waals surface area (Å²) in [7, 11) is 0. The molecule has 0 heterocycles. The molecule has 4 nitrogen and oxygen atoms in total. The molecule has 3 aromatic carbocycles. The van der Waals surface area contributed by atoms with E-state index in [1.807, 2.05) is 91.0 Å². The topological polar surface area (TPSA) is 58.9 Å². The molecule has 0 bridgehead atoms. The van der Waals surface area contributed by atoms with Crippen molar-refractivity contribution in [3.05, 3.63) is 120 Å². The molecule has 0 radical (unpaired) electrons. The summed E-state index contributed by atoms with van der Waals surface area (Å²) in [6.07, 6.45) is 2.69. The van der Waals surface area contributed by atoms with Gasteiger partial charge in [-0.1, -0.05) is 97.1 Å². The van der Waals surface area contributed by atoms with Gasteiger partial charge < -0.3 is 9.84 Å². The van der Waals surface area contributed by atoms with E-state index >= 15 is 0 Å². The van der Waals surface area contributed by atoms with Crippen LogP contribution in [-0.4, -0.2) is 29.4 Å². The van der Waals surface area contributed by atoms with Crippen molar-refractivity contribution in [2.75, 3.05) is 6.61 Å². The molecule has 4 heteroatoms. The first kappa shape index (κ1) is 20.2. The van der Waals surface area contributed by atoms with Crippen LogP contribution in [0.25, 0.3) is 0 Å². The Morgan fingerprint density at radius 3 is 1.90 bits per heavy atom. The van der Waals surface area contributed by atoms with E-state index < -0.39 is 12.0 Å². The molecule has 0 unspecified atom stereocenters. The van der Waals surface area contributed by atoms with Crippen molar-refractivity contribution in [2.45, 2.75) is 12.6 Å². The summed E-state index contributed by atoms with van der Waals surface area (Å²) in [6, 6.07) is 29.2. The van der Waals surface area contributed by atoms with Crippen LogP contribution in [0.1, 0.15) is 16.7 Å². The van der Waals surface area contributed by atoms with Crippen LogP contribution in [0.3, 0.4) is 0 Å². The molecule has 29 heavy (non-hydrogen) atoms. The van der Waals surface area contributed by atoms with Crippen LogP contribution >= 0.6 is 0 Å². The normalized spacial score (nSPS) is 11.9. The molecule has 146 valence electrons. The summed E-state index contributed by atoms with van der Waals surface area (Å²) in [6.45, 7) is 0.724. The SMILES string of the molecule is O=C(O)/C=C\[C@@H](COCc1ccccc1)N=C(c1ccccc1)c1ccccc1. The van der Waals surface area contributed by atoms with Gasteiger partial charge in [0.2, 0.25) is 0 Å². The number of ether oxygens (including phenoxy) is 1. The lowest BCUT2D eigenvalue weighted by atomic mass is 10.0. The van der Waals surface area contributed by atoms with Gasteiger partial charge in [-0.15, -0.1) is 0 Å². The average molecular weight is 385 g/mol. The maximum absolute atomic E-state index is 11.0. The van der Waals surface area contributed by atoms with Crippen molar-refractivity contribution in [3.63, 3.8) is 0 Å². The summed E-state index contributed by atoms with van der Waals surface area (Å²) >= 11 is 0. The average Bonchev–Trinajstić information content (AvgIpc) is 2.77. The van der Waals surface area contributed by atoms with E-state index in [1.54, 1.807) is 6.08 Å². The van der Waals surface area contributed by atoms with Crippen molar-refractivity contribution < 1.29 is 14.6 Å². The molecule has 0 aliphatic carbocycles. The van der Waals surface area contributed by atoms with Crippen LogP contribution in [0.4, 0.5) is 0 Å². The van der Waals surface area contributed by atoms with Gasteiger partial charge in [-0.05, 0) is 5.56 Å². The Labute approximate surface area is 170 Å². The van der Waals surface area contributed by atoms with Gasteiger partial charge in [0.05, 0.1) is 25.0 Å². The minimum absolute atomic E-state index is 0.280. The van der Waals surface area contributed by atoms with Crippen LogP contribution < -0.4 is 0 Å². The first-order valence-corrected chi connectivity index (χ1v) is 9.44. The zero-order valence-corrected chi connectivity index (χ0v) is 16.0. The molecule has 3 rings (SSSR count). The molecule has 1 N–H and O–H groups in total. The molecular weight excluding hydrogens is 362 g/mol. The van der Waals surface area contributed by atoms with Gasteiger partial charge in [-0.25, -0.2) is 4.79 Å². The fourth-order valence-corrected chi connectivity index (χ4v) is 2.87. The van der Waals surface area contributed by atoms with E-state index in [0.717, 1.165) is 28.5 Å². The standard InChI is InChI=1S/C25H23NO3/c27-24(28)17-16-23(19-29-18-20-10-4-1-5-11-20)26-25(21-12-6-2-7-13-21)22-14-8-3-9-15-22/h1-17,23H,18-19H2,(H,27,28)/b17-16-/t23-/m0/s1. The van der Waals surface area contributed by atoms with Crippen molar-refractivity contribution in [2.24, 2.45) is 4.99 Å². The van der Waals surface area contributed by atoms with Crippen molar-refractivity contribution in [1.82, 2.24) is 0 Å². The lowest BCUT2D eigenvalue weighted by Gasteiger charge is -2.14. The third-order valence-electron chi connectivity index (χ3n) is 4.25. The Morgan fingerprint density at radius 1 is 0.862 bits per heavy atom. The molecule has 0 aliphatic heterocycles. The van der Waals surface area contributed by atoms with Gasteiger partial charge in [-0.2, -0.15) is 0 Å². The Kier molecular flexibility index (Phi) is 7.49. The molecule has 1 atom stereocenters. The molecule has 0 saturated carbocycles. The second-order valence-corrected chi connectivity index (χ2v) is 6.48. The van der Waals surface area contributed by atoms with Gasteiger partial charge in [0, 0.05) is 17.2 Å².